The molecule has 0 aliphatic rings. The molecule has 122 valence electrons. The summed E-state index contributed by atoms with van der Waals surface area (Å²) in [4.78, 5) is 22.9. The molecule has 0 bridgehead atoms. The number of aliphatic carboxylic acids is 1. The van der Waals surface area contributed by atoms with Crippen molar-refractivity contribution in [2.75, 3.05) is 26.4 Å². The number of nitrogens with one attached hydrogen (secondary N) is 1. The number of carbonyl (C=O) groups excluding carboxylic acids is 1. The minimum absolute atomic E-state index is 0.0549. The molecular formula is C14H20N2O5S. The zero-order valence-corrected chi connectivity index (χ0v) is 13.3. The minimum atomic E-state index is -3.45. The van der Waals surface area contributed by atoms with Crippen molar-refractivity contribution in [2.45, 2.75) is 6.42 Å². The molecule has 2 N–H and O–H groups in total. The lowest BCUT2D eigenvalue weighted by molar-refractivity contribution is -0.141. The van der Waals surface area contributed by atoms with Gasteiger partial charge in [-0.3, -0.25) is 9.59 Å². The zero-order valence-electron chi connectivity index (χ0n) is 12.5. The van der Waals surface area contributed by atoms with Gasteiger partial charge in [0.15, 0.2) is 0 Å². The van der Waals surface area contributed by atoms with Crippen LogP contribution in [-0.2, 0) is 26.0 Å². The van der Waals surface area contributed by atoms with Crippen molar-refractivity contribution in [1.29, 1.82) is 0 Å². The lowest BCUT2D eigenvalue weighted by atomic mass is 9.99. The van der Waals surface area contributed by atoms with E-state index in [9.17, 15) is 23.1 Å². The van der Waals surface area contributed by atoms with E-state index in [1.807, 2.05) is 30.3 Å². The summed E-state index contributed by atoms with van der Waals surface area (Å²) in [6.07, 6.45) is 1.29. The maximum absolute atomic E-state index is 11.7. The van der Waals surface area contributed by atoms with Gasteiger partial charge in [0.05, 0.1) is 18.7 Å². The molecule has 0 radical (unpaired) electrons. The van der Waals surface area contributed by atoms with Crippen LogP contribution in [-0.4, -0.2) is 56.1 Å². The van der Waals surface area contributed by atoms with Crippen LogP contribution in [0.1, 0.15) is 5.56 Å². The van der Waals surface area contributed by atoms with Crippen molar-refractivity contribution in [3.05, 3.63) is 35.9 Å². The fourth-order valence-corrected chi connectivity index (χ4v) is 2.11. The van der Waals surface area contributed by atoms with E-state index in [-0.39, 0.29) is 13.1 Å². The Hall–Kier alpha value is -1.93. The molecule has 0 fully saturated rings. The van der Waals surface area contributed by atoms with Crippen molar-refractivity contribution >= 4 is 21.9 Å². The zero-order chi connectivity index (χ0) is 16.8. The van der Waals surface area contributed by atoms with E-state index >= 15 is 0 Å². The monoisotopic (exact) mass is 328 g/mol. The number of hydrogen-bond donors (Lipinski definition) is 2. The van der Waals surface area contributed by atoms with Gasteiger partial charge in [0, 0.05) is 13.6 Å². The molecule has 0 spiro atoms. The molecule has 1 aromatic carbocycles. The summed E-state index contributed by atoms with van der Waals surface area (Å²) in [5.74, 6) is -2.32. The first kappa shape index (κ1) is 18.1. The largest absolute Gasteiger partial charge is 0.481 e. The average molecular weight is 328 g/mol. The summed E-state index contributed by atoms with van der Waals surface area (Å²) in [5, 5.41) is 11.7. The number of sulfonamides is 1. The molecule has 1 amide bonds. The van der Waals surface area contributed by atoms with E-state index in [1.54, 1.807) is 0 Å². The lowest BCUT2D eigenvalue weighted by Gasteiger charge is -2.16. The molecule has 0 heterocycles. The van der Waals surface area contributed by atoms with E-state index in [2.05, 4.69) is 5.32 Å². The highest BCUT2D eigenvalue weighted by molar-refractivity contribution is 7.88. The van der Waals surface area contributed by atoms with E-state index < -0.39 is 27.8 Å². The second-order valence-electron chi connectivity index (χ2n) is 5.05. The standard InChI is InChI=1S/C14H20N2O5S/c1-16(22(2,20)21)10-13(17)15-9-12(14(18)19)8-11-6-4-3-5-7-11/h3-7,12H,8-10H2,1-2H3,(H,15,17)(H,18,19). The molecule has 8 heteroatoms. The predicted octanol–water partition coefficient (Wildman–Crippen LogP) is -0.0625. The Morgan fingerprint density at radius 1 is 1.27 bits per heavy atom. The number of carboxylic acid groups (broad SMARTS) is 1. The van der Waals surface area contributed by atoms with Crippen molar-refractivity contribution in [3.8, 4) is 0 Å². The normalized spacial score (nSPS) is 12.9. The maximum Gasteiger partial charge on any atom is 0.308 e. The Morgan fingerprint density at radius 3 is 2.36 bits per heavy atom. The van der Waals surface area contributed by atoms with Gasteiger partial charge in [-0.15, -0.1) is 0 Å². The number of benzene rings is 1. The predicted molar refractivity (Wildman–Crippen MR) is 81.8 cm³/mol. The van der Waals surface area contributed by atoms with Gasteiger partial charge in [-0.1, -0.05) is 30.3 Å². The van der Waals surface area contributed by atoms with Gasteiger partial charge in [-0.25, -0.2) is 8.42 Å². The third-order valence-corrected chi connectivity index (χ3v) is 4.41. The van der Waals surface area contributed by atoms with E-state index in [0.717, 1.165) is 16.1 Å². The van der Waals surface area contributed by atoms with Crippen LogP contribution >= 0.6 is 0 Å². The molecule has 1 rings (SSSR count). The molecule has 0 saturated heterocycles. The Balaban J connectivity index is 2.55. The van der Waals surface area contributed by atoms with Crippen LogP contribution in [0.25, 0.3) is 0 Å². The molecule has 0 aliphatic carbocycles. The fourth-order valence-electron chi connectivity index (χ4n) is 1.76. The maximum atomic E-state index is 11.7. The Bertz CT molecular complexity index is 615. The summed E-state index contributed by atoms with van der Waals surface area (Å²) >= 11 is 0. The average Bonchev–Trinajstić information content (AvgIpc) is 2.43. The number of amides is 1. The minimum Gasteiger partial charge on any atom is -0.481 e. The highest BCUT2D eigenvalue weighted by atomic mass is 32.2. The SMILES string of the molecule is CN(CC(=O)NCC(Cc1ccccc1)C(=O)O)S(C)(=O)=O. The van der Waals surface area contributed by atoms with Crippen LogP contribution < -0.4 is 5.32 Å². The van der Waals surface area contributed by atoms with E-state index in [4.69, 9.17) is 0 Å². The Morgan fingerprint density at radius 2 is 1.86 bits per heavy atom. The number of hydrogen-bond acceptors (Lipinski definition) is 4. The van der Waals surface area contributed by atoms with Crippen molar-refractivity contribution in [1.82, 2.24) is 9.62 Å². The second kappa shape index (κ2) is 7.90. The highest BCUT2D eigenvalue weighted by Gasteiger charge is 2.20. The lowest BCUT2D eigenvalue weighted by Crippen LogP contribution is -2.41. The summed E-state index contributed by atoms with van der Waals surface area (Å²) < 4.78 is 23.3. The molecule has 1 atom stereocenters. The van der Waals surface area contributed by atoms with Gasteiger partial charge in [0.25, 0.3) is 0 Å². The number of carbonyl (C=O) groups is 2. The van der Waals surface area contributed by atoms with Crippen LogP contribution in [0.5, 0.6) is 0 Å². The Kier molecular flexibility index (Phi) is 6.51. The van der Waals surface area contributed by atoms with E-state index in [1.165, 1.54) is 7.05 Å². The number of carboxylic acids is 1. The molecular weight excluding hydrogens is 308 g/mol. The summed E-state index contributed by atoms with van der Waals surface area (Å²) in [6, 6.07) is 9.09. The van der Waals surface area contributed by atoms with Crippen LogP contribution in [0.3, 0.4) is 0 Å². The topological polar surface area (TPSA) is 104 Å². The molecule has 22 heavy (non-hydrogen) atoms. The highest BCUT2D eigenvalue weighted by Crippen LogP contribution is 2.08. The molecule has 1 unspecified atom stereocenters. The van der Waals surface area contributed by atoms with Gasteiger partial charge in [-0.2, -0.15) is 4.31 Å². The van der Waals surface area contributed by atoms with Crippen LogP contribution in [0.4, 0.5) is 0 Å². The fraction of sp³-hybridized carbons (Fsp3) is 0.429. The number of nitrogens with zero attached hydrogens (tertiary/aromatic N) is 1. The molecule has 7 nitrogen and oxygen atoms in total. The van der Waals surface area contributed by atoms with Gasteiger partial charge < -0.3 is 10.4 Å². The molecule has 0 saturated carbocycles. The Labute approximate surface area is 130 Å². The third-order valence-electron chi connectivity index (χ3n) is 3.15. The van der Waals surface area contributed by atoms with Gasteiger partial charge >= 0.3 is 5.97 Å². The second-order valence-corrected chi connectivity index (χ2v) is 7.14. The molecule has 1 aromatic rings. The van der Waals surface area contributed by atoms with Crippen molar-refractivity contribution in [3.63, 3.8) is 0 Å². The van der Waals surface area contributed by atoms with E-state index in [0.29, 0.717) is 6.42 Å². The number of rotatable bonds is 8. The summed E-state index contributed by atoms with van der Waals surface area (Å²) in [6.45, 7) is -0.392. The van der Waals surface area contributed by atoms with Gasteiger partial charge in [-0.05, 0) is 12.0 Å². The molecule has 0 aliphatic heterocycles. The summed E-state index contributed by atoms with van der Waals surface area (Å²) in [7, 11) is -2.16. The van der Waals surface area contributed by atoms with Crippen LogP contribution in [0.15, 0.2) is 30.3 Å². The van der Waals surface area contributed by atoms with Gasteiger partial charge in [0.2, 0.25) is 15.9 Å². The van der Waals surface area contributed by atoms with Gasteiger partial charge in [0.1, 0.15) is 0 Å². The smallest absolute Gasteiger partial charge is 0.308 e. The van der Waals surface area contributed by atoms with Crippen molar-refractivity contribution < 1.29 is 23.1 Å². The first-order chi connectivity index (χ1) is 10.2. The quantitative estimate of drug-likeness (QED) is 0.696. The first-order valence-electron chi connectivity index (χ1n) is 6.65. The van der Waals surface area contributed by atoms with Crippen molar-refractivity contribution in [2.24, 2.45) is 5.92 Å². The third kappa shape index (κ3) is 6.23. The van der Waals surface area contributed by atoms with Crippen LogP contribution in [0, 0.1) is 5.92 Å². The number of likely N-dealkylation sites (N-methyl/N-ethyl adjacent to an activating group) is 1. The van der Waals surface area contributed by atoms with Crippen LogP contribution in [0.2, 0.25) is 0 Å². The molecule has 0 aromatic heterocycles. The first-order valence-corrected chi connectivity index (χ1v) is 8.49. The summed E-state index contributed by atoms with van der Waals surface area (Å²) in [5.41, 5.74) is 0.859.